The van der Waals surface area contributed by atoms with Gasteiger partial charge in [0.05, 0.1) is 23.9 Å². The fourth-order valence-corrected chi connectivity index (χ4v) is 2.67. The number of ether oxygens (including phenoxy) is 1. The van der Waals surface area contributed by atoms with Gasteiger partial charge in [-0.15, -0.1) is 0 Å². The molecule has 1 fully saturated rings. The monoisotopic (exact) mass is 308 g/mol. The Morgan fingerprint density at radius 1 is 1.52 bits per heavy atom. The van der Waals surface area contributed by atoms with Gasteiger partial charge in [-0.1, -0.05) is 11.6 Å². The first-order chi connectivity index (χ1) is 10.2. The van der Waals surface area contributed by atoms with Crippen molar-refractivity contribution in [1.29, 1.82) is 0 Å². The van der Waals surface area contributed by atoms with Crippen molar-refractivity contribution in [2.24, 2.45) is 0 Å². The summed E-state index contributed by atoms with van der Waals surface area (Å²) in [7, 11) is 0. The molecule has 1 aliphatic heterocycles. The second kappa shape index (κ2) is 6.37. The van der Waals surface area contributed by atoms with E-state index in [2.05, 4.69) is 4.98 Å². The van der Waals surface area contributed by atoms with E-state index < -0.39 is 0 Å². The minimum absolute atomic E-state index is 0.0920. The smallest absolute Gasteiger partial charge is 0.270 e. The van der Waals surface area contributed by atoms with Crippen LogP contribution < -0.4 is 0 Å². The summed E-state index contributed by atoms with van der Waals surface area (Å²) in [6, 6.07) is 5.31. The minimum atomic E-state index is -0.103. The highest BCUT2D eigenvalue weighted by Gasteiger charge is 2.25. The van der Waals surface area contributed by atoms with Crippen molar-refractivity contribution in [2.45, 2.75) is 25.5 Å². The van der Waals surface area contributed by atoms with E-state index in [0.29, 0.717) is 23.8 Å². The van der Waals surface area contributed by atoms with Gasteiger partial charge in [0.2, 0.25) is 0 Å². The number of furan rings is 1. The Labute approximate surface area is 127 Å². The quantitative estimate of drug-likeness (QED) is 0.923. The SMILES string of the molecule is O=C(c1cc(Cl)c[nH]1)N(Cc1ccco1)CC1CCCO1. The Hall–Kier alpha value is -1.72. The van der Waals surface area contributed by atoms with Gasteiger partial charge >= 0.3 is 0 Å². The highest BCUT2D eigenvalue weighted by Crippen LogP contribution is 2.18. The lowest BCUT2D eigenvalue weighted by Gasteiger charge is -2.24. The lowest BCUT2D eigenvalue weighted by molar-refractivity contribution is 0.0487. The molecule has 1 amide bonds. The zero-order valence-electron chi connectivity index (χ0n) is 11.5. The van der Waals surface area contributed by atoms with Crippen LogP contribution >= 0.6 is 11.6 Å². The van der Waals surface area contributed by atoms with E-state index in [4.69, 9.17) is 20.8 Å². The van der Waals surface area contributed by atoms with Crippen molar-refractivity contribution < 1.29 is 13.9 Å². The Morgan fingerprint density at radius 3 is 3.05 bits per heavy atom. The third-order valence-corrected chi connectivity index (χ3v) is 3.76. The second-order valence-electron chi connectivity index (χ2n) is 5.13. The van der Waals surface area contributed by atoms with Crippen LogP contribution in [0.4, 0.5) is 0 Å². The Balaban J connectivity index is 1.75. The average molecular weight is 309 g/mol. The molecule has 0 aliphatic carbocycles. The third kappa shape index (κ3) is 3.49. The topological polar surface area (TPSA) is 58.5 Å². The number of carbonyl (C=O) groups excluding carboxylic acids is 1. The summed E-state index contributed by atoms with van der Waals surface area (Å²) < 4.78 is 11.0. The number of halogens is 1. The largest absolute Gasteiger partial charge is 0.467 e. The maximum atomic E-state index is 12.6. The molecule has 1 aliphatic rings. The predicted molar refractivity (Wildman–Crippen MR) is 78.2 cm³/mol. The molecule has 21 heavy (non-hydrogen) atoms. The average Bonchev–Trinajstić information content (AvgIpc) is 3.19. The maximum Gasteiger partial charge on any atom is 0.270 e. The maximum absolute atomic E-state index is 12.6. The first-order valence-corrected chi connectivity index (χ1v) is 7.37. The van der Waals surface area contributed by atoms with Crippen LogP contribution in [0.1, 0.15) is 29.1 Å². The number of rotatable bonds is 5. The normalized spacial score (nSPS) is 18.0. The molecule has 1 atom stereocenters. The van der Waals surface area contributed by atoms with Crippen LogP contribution in [0.15, 0.2) is 35.1 Å². The molecule has 1 saturated heterocycles. The van der Waals surface area contributed by atoms with Gasteiger partial charge in [0.25, 0.3) is 5.91 Å². The number of hydrogen-bond acceptors (Lipinski definition) is 3. The van der Waals surface area contributed by atoms with Gasteiger partial charge in [-0.3, -0.25) is 4.79 Å². The molecule has 0 saturated carbocycles. The van der Waals surface area contributed by atoms with Gasteiger partial charge < -0.3 is 19.0 Å². The van der Waals surface area contributed by atoms with Crippen LogP contribution in [0, 0.1) is 0 Å². The molecule has 0 bridgehead atoms. The molecular weight excluding hydrogens is 292 g/mol. The summed E-state index contributed by atoms with van der Waals surface area (Å²) in [5.74, 6) is 0.646. The van der Waals surface area contributed by atoms with E-state index >= 15 is 0 Å². The number of nitrogens with one attached hydrogen (secondary N) is 1. The summed E-state index contributed by atoms with van der Waals surface area (Å²) in [4.78, 5) is 17.2. The van der Waals surface area contributed by atoms with E-state index in [1.807, 2.05) is 12.1 Å². The lowest BCUT2D eigenvalue weighted by Crippen LogP contribution is -2.37. The van der Waals surface area contributed by atoms with Crippen LogP contribution in [-0.4, -0.2) is 35.0 Å². The molecule has 2 aromatic heterocycles. The number of nitrogens with zero attached hydrogens (tertiary/aromatic N) is 1. The summed E-state index contributed by atoms with van der Waals surface area (Å²) >= 11 is 5.88. The van der Waals surface area contributed by atoms with E-state index in [-0.39, 0.29) is 12.0 Å². The number of amides is 1. The Bertz CT molecular complexity index is 588. The van der Waals surface area contributed by atoms with Crippen LogP contribution in [-0.2, 0) is 11.3 Å². The number of aromatic amines is 1. The van der Waals surface area contributed by atoms with Gasteiger partial charge in [0.15, 0.2) is 0 Å². The fourth-order valence-electron chi connectivity index (χ4n) is 2.51. The number of hydrogen-bond donors (Lipinski definition) is 1. The third-order valence-electron chi connectivity index (χ3n) is 3.54. The standard InChI is InChI=1S/C15H17ClN2O3/c16-11-7-14(17-8-11)15(19)18(9-12-3-1-5-20-12)10-13-4-2-6-21-13/h1,3,5,7-8,13,17H,2,4,6,9-10H2. The summed E-state index contributed by atoms with van der Waals surface area (Å²) in [6.45, 7) is 1.74. The summed E-state index contributed by atoms with van der Waals surface area (Å²) in [5, 5.41) is 0.522. The van der Waals surface area contributed by atoms with E-state index in [0.717, 1.165) is 25.2 Å². The van der Waals surface area contributed by atoms with E-state index in [1.54, 1.807) is 23.4 Å². The van der Waals surface area contributed by atoms with Gasteiger partial charge in [-0.05, 0) is 31.0 Å². The van der Waals surface area contributed by atoms with Crippen LogP contribution in [0.25, 0.3) is 0 Å². The van der Waals surface area contributed by atoms with Crippen LogP contribution in [0.5, 0.6) is 0 Å². The molecule has 2 aromatic rings. The summed E-state index contributed by atoms with van der Waals surface area (Å²) in [5.41, 5.74) is 0.476. The van der Waals surface area contributed by atoms with Crippen LogP contribution in [0.3, 0.4) is 0 Å². The first-order valence-electron chi connectivity index (χ1n) is 6.99. The van der Waals surface area contributed by atoms with Gasteiger partial charge in [-0.2, -0.15) is 0 Å². The minimum Gasteiger partial charge on any atom is -0.467 e. The Morgan fingerprint density at radius 2 is 2.43 bits per heavy atom. The fraction of sp³-hybridized carbons (Fsp3) is 0.400. The molecule has 112 valence electrons. The molecule has 3 heterocycles. The second-order valence-corrected chi connectivity index (χ2v) is 5.57. The van der Waals surface area contributed by atoms with Gasteiger partial charge in [-0.25, -0.2) is 0 Å². The summed E-state index contributed by atoms with van der Waals surface area (Å²) in [6.07, 6.45) is 5.32. The highest BCUT2D eigenvalue weighted by atomic mass is 35.5. The van der Waals surface area contributed by atoms with Crippen molar-refractivity contribution in [2.75, 3.05) is 13.2 Å². The molecule has 0 radical (unpaired) electrons. The molecule has 1 N–H and O–H groups in total. The van der Waals surface area contributed by atoms with E-state index in [1.165, 1.54) is 0 Å². The van der Waals surface area contributed by atoms with Crippen LogP contribution in [0.2, 0.25) is 5.02 Å². The molecule has 0 spiro atoms. The number of H-pyrrole nitrogens is 1. The lowest BCUT2D eigenvalue weighted by atomic mass is 10.2. The number of carbonyl (C=O) groups is 1. The predicted octanol–water partition coefficient (Wildman–Crippen LogP) is 3.08. The molecular formula is C15H17ClN2O3. The van der Waals surface area contributed by atoms with Crippen molar-refractivity contribution in [1.82, 2.24) is 9.88 Å². The van der Waals surface area contributed by atoms with Crippen molar-refractivity contribution in [3.8, 4) is 0 Å². The zero-order chi connectivity index (χ0) is 14.7. The molecule has 1 unspecified atom stereocenters. The van der Waals surface area contributed by atoms with Crippen molar-refractivity contribution >= 4 is 17.5 Å². The molecule has 6 heteroatoms. The van der Waals surface area contributed by atoms with Crippen molar-refractivity contribution in [3.63, 3.8) is 0 Å². The molecule has 3 rings (SSSR count). The van der Waals surface area contributed by atoms with Crippen molar-refractivity contribution in [3.05, 3.63) is 47.1 Å². The van der Waals surface area contributed by atoms with Gasteiger partial charge in [0, 0.05) is 19.3 Å². The zero-order valence-corrected chi connectivity index (χ0v) is 12.3. The molecule has 5 nitrogen and oxygen atoms in total. The Kier molecular flexibility index (Phi) is 4.31. The highest BCUT2D eigenvalue weighted by molar-refractivity contribution is 6.30. The first kappa shape index (κ1) is 14.2. The molecule has 0 aromatic carbocycles. The van der Waals surface area contributed by atoms with Gasteiger partial charge in [0.1, 0.15) is 11.5 Å². The number of aromatic nitrogens is 1. The van der Waals surface area contributed by atoms with E-state index in [9.17, 15) is 4.79 Å².